The lowest BCUT2D eigenvalue weighted by molar-refractivity contribution is 0.193. The molecular formula is C9H13NO4S. The summed E-state index contributed by atoms with van der Waals surface area (Å²) in [4.78, 5) is 4.79. The van der Waals surface area contributed by atoms with Gasteiger partial charge in [0.15, 0.2) is 0 Å². The highest BCUT2D eigenvalue weighted by Crippen LogP contribution is 2.20. The Hall–Kier alpha value is -1.11. The molecule has 1 aromatic carbocycles. The Morgan fingerprint density at radius 3 is 2.67 bits per heavy atom. The first-order valence-electron chi connectivity index (χ1n) is 4.50. The van der Waals surface area contributed by atoms with Crippen LogP contribution in [0.25, 0.3) is 0 Å². The number of para-hydroxylation sites is 1. The van der Waals surface area contributed by atoms with E-state index < -0.39 is 10.1 Å². The normalized spacial score (nSPS) is 11.3. The summed E-state index contributed by atoms with van der Waals surface area (Å²) < 4.78 is 30.8. The zero-order valence-electron chi connectivity index (χ0n) is 8.30. The third kappa shape index (κ3) is 3.50. The second kappa shape index (κ2) is 5.11. The molecule has 1 rings (SSSR count). The largest absolute Gasteiger partial charge is 0.296 e. The first-order valence-corrected chi connectivity index (χ1v) is 5.94. The third-order valence-corrected chi connectivity index (χ3v) is 2.57. The molecule has 1 aromatic rings. The van der Waals surface area contributed by atoms with Gasteiger partial charge in [0.1, 0.15) is 4.90 Å². The maximum atomic E-state index is 10.9. The molecule has 15 heavy (non-hydrogen) atoms. The molecule has 0 spiro atoms. The molecule has 0 unspecified atom stereocenters. The van der Waals surface area contributed by atoms with Gasteiger partial charge in [0.2, 0.25) is 0 Å². The van der Waals surface area contributed by atoms with E-state index in [0.717, 1.165) is 6.42 Å². The van der Waals surface area contributed by atoms with Crippen molar-refractivity contribution in [2.24, 2.45) is 0 Å². The average molecular weight is 231 g/mol. The molecule has 6 heteroatoms. The van der Waals surface area contributed by atoms with Crippen LogP contribution in [0.4, 0.5) is 5.69 Å². The highest BCUT2D eigenvalue weighted by Gasteiger charge is 2.14. The summed E-state index contributed by atoms with van der Waals surface area (Å²) in [5.74, 6) is 0. The third-order valence-electron chi connectivity index (χ3n) is 1.65. The van der Waals surface area contributed by atoms with Crippen molar-refractivity contribution in [1.29, 1.82) is 0 Å². The van der Waals surface area contributed by atoms with Gasteiger partial charge in [-0.3, -0.25) is 14.9 Å². The quantitative estimate of drug-likeness (QED) is 0.458. The van der Waals surface area contributed by atoms with Gasteiger partial charge in [-0.05, 0) is 18.6 Å². The monoisotopic (exact) mass is 231 g/mol. The minimum absolute atomic E-state index is 0.193. The van der Waals surface area contributed by atoms with Crippen LogP contribution in [0.15, 0.2) is 29.2 Å². The lowest BCUT2D eigenvalue weighted by Gasteiger charge is -2.08. The van der Waals surface area contributed by atoms with E-state index in [1.165, 1.54) is 18.2 Å². The molecule has 0 atom stereocenters. The molecule has 0 aliphatic heterocycles. The molecule has 0 aromatic heterocycles. The van der Waals surface area contributed by atoms with Crippen LogP contribution in [-0.4, -0.2) is 19.6 Å². The Balaban J connectivity index is 2.88. The van der Waals surface area contributed by atoms with E-state index in [1.54, 1.807) is 6.07 Å². The second-order valence-electron chi connectivity index (χ2n) is 2.92. The molecule has 0 saturated heterocycles. The van der Waals surface area contributed by atoms with E-state index in [4.69, 9.17) is 9.39 Å². The molecule has 2 N–H and O–H groups in total. The Labute approximate surface area is 88.8 Å². The summed E-state index contributed by atoms with van der Waals surface area (Å²) >= 11 is 0. The predicted molar refractivity (Wildman–Crippen MR) is 56.1 cm³/mol. The van der Waals surface area contributed by atoms with Crippen molar-refractivity contribution >= 4 is 15.8 Å². The zero-order chi connectivity index (χ0) is 11.3. The fourth-order valence-electron chi connectivity index (χ4n) is 1.01. The van der Waals surface area contributed by atoms with E-state index >= 15 is 0 Å². The van der Waals surface area contributed by atoms with Crippen molar-refractivity contribution in [2.45, 2.75) is 18.2 Å². The molecule has 0 amide bonds. The van der Waals surface area contributed by atoms with E-state index in [9.17, 15) is 8.42 Å². The number of nitrogens with one attached hydrogen (secondary N) is 1. The highest BCUT2D eigenvalue weighted by molar-refractivity contribution is 7.86. The molecule has 0 saturated carbocycles. The number of rotatable bonds is 5. The van der Waals surface area contributed by atoms with Crippen LogP contribution in [0, 0.1) is 0 Å². The Kier molecular flexibility index (Phi) is 4.07. The fraction of sp³-hybridized carbons (Fsp3) is 0.333. The molecular weight excluding hydrogens is 218 g/mol. The maximum absolute atomic E-state index is 10.9. The molecule has 0 radical (unpaired) electrons. The van der Waals surface area contributed by atoms with E-state index in [0.29, 0.717) is 6.61 Å². The first kappa shape index (κ1) is 12.0. The van der Waals surface area contributed by atoms with Crippen molar-refractivity contribution in [2.75, 3.05) is 12.1 Å². The average Bonchev–Trinajstić information content (AvgIpc) is 2.17. The first-order chi connectivity index (χ1) is 7.05. The van der Waals surface area contributed by atoms with E-state index in [-0.39, 0.29) is 10.6 Å². The van der Waals surface area contributed by atoms with Crippen molar-refractivity contribution < 1.29 is 17.8 Å². The van der Waals surface area contributed by atoms with Gasteiger partial charge in [-0.15, -0.1) is 0 Å². The zero-order valence-corrected chi connectivity index (χ0v) is 9.12. The van der Waals surface area contributed by atoms with Crippen LogP contribution in [0.1, 0.15) is 13.3 Å². The number of anilines is 1. The maximum Gasteiger partial charge on any atom is 0.296 e. The van der Waals surface area contributed by atoms with Crippen molar-refractivity contribution in [3.8, 4) is 0 Å². The van der Waals surface area contributed by atoms with E-state index in [2.05, 4.69) is 5.48 Å². The standard InChI is InChI=1S/C9H13NO4S/c1-2-7-14-10-8-5-3-4-6-9(8)15(11,12)13/h3-6,10H,2,7H2,1H3,(H,11,12,13). The molecule has 0 aliphatic carbocycles. The van der Waals surface area contributed by atoms with Crippen molar-refractivity contribution in [1.82, 2.24) is 0 Å². The molecule has 0 aliphatic rings. The number of hydrogen-bond acceptors (Lipinski definition) is 4. The van der Waals surface area contributed by atoms with Crippen LogP contribution < -0.4 is 5.48 Å². The fourth-order valence-corrected chi connectivity index (χ4v) is 1.64. The molecule has 0 heterocycles. The summed E-state index contributed by atoms with van der Waals surface area (Å²) in [5.41, 5.74) is 2.71. The number of hydrogen-bond donors (Lipinski definition) is 2. The van der Waals surface area contributed by atoms with Gasteiger partial charge in [-0.1, -0.05) is 19.1 Å². The van der Waals surface area contributed by atoms with Gasteiger partial charge in [-0.2, -0.15) is 8.42 Å². The minimum Gasteiger partial charge on any atom is -0.282 e. The van der Waals surface area contributed by atoms with Gasteiger partial charge >= 0.3 is 0 Å². The SMILES string of the molecule is CCCONc1ccccc1S(=O)(=O)O. The highest BCUT2D eigenvalue weighted by atomic mass is 32.2. The second-order valence-corrected chi connectivity index (χ2v) is 4.31. The number of benzene rings is 1. The van der Waals surface area contributed by atoms with Gasteiger partial charge < -0.3 is 0 Å². The molecule has 84 valence electrons. The summed E-state index contributed by atoms with van der Waals surface area (Å²) in [6.45, 7) is 2.39. The molecule has 0 fully saturated rings. The topological polar surface area (TPSA) is 75.6 Å². The van der Waals surface area contributed by atoms with Crippen LogP contribution in [-0.2, 0) is 15.0 Å². The van der Waals surface area contributed by atoms with Crippen LogP contribution >= 0.6 is 0 Å². The molecule has 0 bridgehead atoms. The van der Waals surface area contributed by atoms with Crippen molar-refractivity contribution in [3.05, 3.63) is 24.3 Å². The lowest BCUT2D eigenvalue weighted by atomic mass is 10.3. The van der Waals surface area contributed by atoms with Crippen LogP contribution in [0.5, 0.6) is 0 Å². The predicted octanol–water partition coefficient (Wildman–Crippen LogP) is 1.69. The summed E-state index contributed by atoms with van der Waals surface area (Å²) in [6, 6.07) is 5.98. The summed E-state index contributed by atoms with van der Waals surface area (Å²) in [5, 5.41) is 0. The van der Waals surface area contributed by atoms with Gasteiger partial charge in [-0.25, -0.2) is 0 Å². The Bertz CT molecular complexity index is 416. The van der Waals surface area contributed by atoms with Gasteiger partial charge in [0.25, 0.3) is 10.1 Å². The van der Waals surface area contributed by atoms with Crippen LogP contribution in [0.2, 0.25) is 0 Å². The van der Waals surface area contributed by atoms with Crippen molar-refractivity contribution in [3.63, 3.8) is 0 Å². The van der Waals surface area contributed by atoms with Gasteiger partial charge in [0.05, 0.1) is 12.3 Å². The minimum atomic E-state index is -4.21. The summed E-state index contributed by atoms with van der Waals surface area (Å²) in [7, 11) is -4.21. The Morgan fingerprint density at radius 2 is 2.07 bits per heavy atom. The molecule has 5 nitrogen and oxygen atoms in total. The van der Waals surface area contributed by atoms with E-state index in [1.807, 2.05) is 6.92 Å². The van der Waals surface area contributed by atoms with Gasteiger partial charge in [0, 0.05) is 0 Å². The summed E-state index contributed by atoms with van der Waals surface area (Å²) in [6.07, 6.45) is 0.807. The Morgan fingerprint density at radius 1 is 1.40 bits per heavy atom. The van der Waals surface area contributed by atoms with Crippen LogP contribution in [0.3, 0.4) is 0 Å². The lowest BCUT2D eigenvalue weighted by Crippen LogP contribution is -2.07. The smallest absolute Gasteiger partial charge is 0.282 e.